The van der Waals surface area contributed by atoms with E-state index in [2.05, 4.69) is 6.58 Å². The summed E-state index contributed by atoms with van der Waals surface area (Å²) in [7, 11) is 1.91. The summed E-state index contributed by atoms with van der Waals surface area (Å²) in [6.45, 7) is 6.41. The summed E-state index contributed by atoms with van der Waals surface area (Å²) in [6, 6.07) is 7.42. The van der Waals surface area contributed by atoms with Crippen LogP contribution in [0.2, 0.25) is 0 Å². The van der Waals surface area contributed by atoms with Crippen LogP contribution in [0.15, 0.2) is 53.8 Å². The molecular weight excluding hydrogens is 386 g/mol. The molecule has 0 atom stereocenters. The highest BCUT2D eigenvalue weighted by atomic mass is 16.5. The maximum atomic E-state index is 13.1. The van der Waals surface area contributed by atoms with Gasteiger partial charge in [-0.05, 0) is 31.2 Å². The zero-order valence-electron chi connectivity index (χ0n) is 17.6. The number of ether oxygens (including phenoxy) is 1. The maximum Gasteiger partial charge on any atom is 0.306 e. The Balaban J connectivity index is 2.07. The molecule has 2 rings (SSSR count). The van der Waals surface area contributed by atoms with Gasteiger partial charge in [0.1, 0.15) is 12.3 Å². The number of carbonyl (C=O) groups is 3. The van der Waals surface area contributed by atoms with Crippen molar-refractivity contribution in [1.82, 2.24) is 14.4 Å². The summed E-state index contributed by atoms with van der Waals surface area (Å²) in [6.07, 6.45) is 4.99. The number of rotatable bonds is 12. The molecule has 0 saturated heterocycles. The Kier molecular flexibility index (Phi) is 8.93. The van der Waals surface area contributed by atoms with Crippen molar-refractivity contribution >= 4 is 17.8 Å². The molecule has 0 bridgehead atoms. The Labute approximate surface area is 176 Å². The lowest BCUT2D eigenvalue weighted by Crippen LogP contribution is -2.42. The lowest BCUT2D eigenvalue weighted by molar-refractivity contribution is -0.146. The van der Waals surface area contributed by atoms with Crippen LogP contribution in [0.5, 0.6) is 0 Å². The Morgan fingerprint density at radius 2 is 1.93 bits per heavy atom. The molecular formula is C22H29N3O5. The summed E-state index contributed by atoms with van der Waals surface area (Å²) < 4.78 is 12.2. The van der Waals surface area contributed by atoms with E-state index in [9.17, 15) is 14.4 Å². The average molecular weight is 415 g/mol. The second-order valence-electron chi connectivity index (χ2n) is 6.81. The van der Waals surface area contributed by atoms with Gasteiger partial charge in [0, 0.05) is 31.9 Å². The molecule has 2 heterocycles. The summed E-state index contributed by atoms with van der Waals surface area (Å²) in [5.74, 6) is -0.299. The van der Waals surface area contributed by atoms with Gasteiger partial charge >= 0.3 is 5.97 Å². The molecule has 0 unspecified atom stereocenters. The summed E-state index contributed by atoms with van der Waals surface area (Å²) in [4.78, 5) is 40.2. The molecule has 0 aliphatic rings. The third-order valence-electron chi connectivity index (χ3n) is 4.56. The Morgan fingerprint density at radius 3 is 2.53 bits per heavy atom. The van der Waals surface area contributed by atoms with Crippen molar-refractivity contribution in [3.63, 3.8) is 0 Å². The van der Waals surface area contributed by atoms with E-state index < -0.39 is 5.97 Å². The zero-order valence-corrected chi connectivity index (χ0v) is 17.6. The molecule has 0 aliphatic heterocycles. The first kappa shape index (κ1) is 23.0. The minimum Gasteiger partial charge on any atom is -0.467 e. The first-order chi connectivity index (χ1) is 14.4. The highest BCUT2D eigenvalue weighted by Gasteiger charge is 2.23. The SMILES string of the molecule is C=CCN(CC(=O)N(Cc1ccco1)Cc1cccn1C)C(=O)CCC(=O)OCC. The van der Waals surface area contributed by atoms with E-state index in [1.165, 1.54) is 4.90 Å². The quantitative estimate of drug-likeness (QED) is 0.393. The molecule has 0 radical (unpaired) electrons. The topological polar surface area (TPSA) is 85.0 Å². The Hall–Kier alpha value is -3.29. The van der Waals surface area contributed by atoms with Crippen molar-refractivity contribution < 1.29 is 23.5 Å². The number of aryl methyl sites for hydroxylation is 1. The van der Waals surface area contributed by atoms with Gasteiger partial charge in [-0.2, -0.15) is 0 Å². The number of hydrogen-bond donors (Lipinski definition) is 0. The minimum absolute atomic E-state index is 0.0179. The van der Waals surface area contributed by atoms with Crippen LogP contribution in [-0.4, -0.2) is 51.8 Å². The van der Waals surface area contributed by atoms with Crippen molar-refractivity contribution in [2.75, 3.05) is 19.7 Å². The van der Waals surface area contributed by atoms with Gasteiger partial charge in [-0.15, -0.1) is 6.58 Å². The minimum atomic E-state index is -0.432. The van der Waals surface area contributed by atoms with Gasteiger partial charge in [-0.1, -0.05) is 6.08 Å². The zero-order chi connectivity index (χ0) is 21.9. The lowest BCUT2D eigenvalue weighted by atomic mass is 10.2. The number of aromatic nitrogens is 1. The molecule has 162 valence electrons. The highest BCUT2D eigenvalue weighted by Crippen LogP contribution is 2.12. The van der Waals surface area contributed by atoms with E-state index in [0.717, 1.165) is 5.69 Å². The number of esters is 1. The summed E-state index contributed by atoms with van der Waals surface area (Å²) in [5, 5.41) is 0. The fraction of sp³-hybridized carbons (Fsp3) is 0.409. The van der Waals surface area contributed by atoms with Crippen LogP contribution >= 0.6 is 0 Å². The van der Waals surface area contributed by atoms with E-state index in [0.29, 0.717) is 12.3 Å². The van der Waals surface area contributed by atoms with Crippen LogP contribution in [-0.2, 0) is 39.3 Å². The first-order valence-electron chi connectivity index (χ1n) is 9.89. The fourth-order valence-corrected chi connectivity index (χ4v) is 2.95. The predicted octanol–water partition coefficient (Wildman–Crippen LogP) is 2.50. The molecule has 0 spiro atoms. The van der Waals surface area contributed by atoms with Gasteiger partial charge in [0.25, 0.3) is 0 Å². The second kappa shape index (κ2) is 11.6. The van der Waals surface area contributed by atoms with Gasteiger partial charge in [-0.25, -0.2) is 0 Å². The standard InChI is InChI=1S/C22H29N3O5/c1-4-12-24(20(26)10-11-22(28)29-5-2)17-21(27)25(16-19-9-7-14-30-19)15-18-8-6-13-23(18)3/h4,6-9,13-14H,1,5,10-12,15-17H2,2-3H3. The van der Waals surface area contributed by atoms with Gasteiger partial charge in [-0.3, -0.25) is 14.4 Å². The molecule has 0 saturated carbocycles. The average Bonchev–Trinajstić information content (AvgIpc) is 3.37. The van der Waals surface area contributed by atoms with Crippen molar-refractivity contribution in [2.45, 2.75) is 32.9 Å². The Bertz CT molecular complexity index is 841. The third-order valence-corrected chi connectivity index (χ3v) is 4.56. The van der Waals surface area contributed by atoms with E-state index >= 15 is 0 Å². The van der Waals surface area contributed by atoms with Crippen molar-refractivity contribution in [3.8, 4) is 0 Å². The van der Waals surface area contributed by atoms with Crippen LogP contribution in [0.3, 0.4) is 0 Å². The van der Waals surface area contributed by atoms with E-state index in [4.69, 9.17) is 9.15 Å². The van der Waals surface area contributed by atoms with Crippen molar-refractivity contribution in [2.24, 2.45) is 7.05 Å². The van der Waals surface area contributed by atoms with Crippen molar-refractivity contribution in [1.29, 1.82) is 0 Å². The fourth-order valence-electron chi connectivity index (χ4n) is 2.95. The number of amides is 2. The smallest absolute Gasteiger partial charge is 0.306 e. The van der Waals surface area contributed by atoms with Gasteiger partial charge in [0.2, 0.25) is 11.8 Å². The summed E-state index contributed by atoms with van der Waals surface area (Å²) in [5.41, 5.74) is 0.957. The molecule has 8 nitrogen and oxygen atoms in total. The van der Waals surface area contributed by atoms with Gasteiger partial charge in [0.05, 0.1) is 32.4 Å². The predicted molar refractivity (Wildman–Crippen MR) is 111 cm³/mol. The normalized spacial score (nSPS) is 10.5. The molecule has 0 aromatic carbocycles. The molecule has 8 heteroatoms. The van der Waals surface area contributed by atoms with E-state index in [-0.39, 0.29) is 50.9 Å². The number of nitrogens with zero attached hydrogens (tertiary/aromatic N) is 3. The Morgan fingerprint density at radius 1 is 1.13 bits per heavy atom. The molecule has 0 aliphatic carbocycles. The monoisotopic (exact) mass is 415 g/mol. The number of hydrogen-bond acceptors (Lipinski definition) is 5. The van der Waals surface area contributed by atoms with Gasteiger partial charge in [0.15, 0.2) is 0 Å². The largest absolute Gasteiger partial charge is 0.467 e. The molecule has 0 fully saturated rings. The van der Waals surface area contributed by atoms with Crippen LogP contribution in [0.4, 0.5) is 0 Å². The number of carbonyl (C=O) groups excluding carboxylic acids is 3. The van der Waals surface area contributed by atoms with Crippen molar-refractivity contribution in [3.05, 3.63) is 60.8 Å². The molecule has 2 amide bonds. The lowest BCUT2D eigenvalue weighted by Gasteiger charge is -2.27. The molecule has 0 N–H and O–H groups in total. The van der Waals surface area contributed by atoms with E-state index in [1.807, 2.05) is 29.9 Å². The summed E-state index contributed by atoms with van der Waals surface area (Å²) >= 11 is 0. The maximum absolute atomic E-state index is 13.1. The molecule has 30 heavy (non-hydrogen) atoms. The van der Waals surface area contributed by atoms with E-state index in [1.54, 1.807) is 36.3 Å². The third kappa shape index (κ3) is 6.95. The van der Waals surface area contributed by atoms with Crippen LogP contribution in [0.1, 0.15) is 31.2 Å². The van der Waals surface area contributed by atoms with Crippen LogP contribution < -0.4 is 0 Å². The first-order valence-corrected chi connectivity index (χ1v) is 9.89. The number of furan rings is 1. The highest BCUT2D eigenvalue weighted by molar-refractivity contribution is 5.86. The molecule has 2 aromatic rings. The molecule has 2 aromatic heterocycles. The van der Waals surface area contributed by atoms with Crippen LogP contribution in [0, 0.1) is 0 Å². The van der Waals surface area contributed by atoms with Gasteiger partial charge < -0.3 is 23.5 Å². The second-order valence-corrected chi connectivity index (χ2v) is 6.81. The van der Waals surface area contributed by atoms with Crippen LogP contribution in [0.25, 0.3) is 0 Å².